The Morgan fingerprint density at radius 3 is 1.78 bits per heavy atom. The molecule has 3 nitrogen and oxygen atoms in total. The summed E-state index contributed by atoms with van der Waals surface area (Å²) in [6, 6.07) is 0. The van der Waals surface area contributed by atoms with Crippen LogP contribution in [-0.2, 0) is 15.5 Å². The molecule has 0 aromatic carbocycles. The second-order valence-corrected chi connectivity index (χ2v) is 5.24. The molecule has 0 aliphatic carbocycles. The lowest BCUT2D eigenvalue weighted by Crippen LogP contribution is -2.29. The fourth-order valence-corrected chi connectivity index (χ4v) is 2.51. The number of methoxy groups -OCH3 is 1. The van der Waals surface area contributed by atoms with E-state index in [0.717, 1.165) is 0 Å². The summed E-state index contributed by atoms with van der Waals surface area (Å²) in [6.07, 6.45) is 0.944. The van der Waals surface area contributed by atoms with Crippen molar-refractivity contribution in [3.05, 3.63) is 0 Å². The van der Waals surface area contributed by atoms with E-state index >= 15 is 0 Å². The summed E-state index contributed by atoms with van der Waals surface area (Å²) in [6.45, 7) is 10.9. The van der Waals surface area contributed by atoms with Crippen molar-refractivity contribution in [1.82, 2.24) is 0 Å². The van der Waals surface area contributed by atoms with Crippen molar-refractivity contribution in [3.63, 3.8) is 0 Å². The van der Waals surface area contributed by atoms with E-state index in [1.165, 1.54) is 0 Å². The van der Waals surface area contributed by atoms with Gasteiger partial charge < -0.3 is 10.5 Å². The lowest BCUT2D eigenvalue weighted by Gasteiger charge is -2.23. The molecule has 2 N–H and O–H groups in total. The van der Waals surface area contributed by atoms with Crippen LogP contribution in [0.1, 0.15) is 47.5 Å². The van der Waals surface area contributed by atoms with Gasteiger partial charge in [0.05, 0.1) is 6.61 Å². The van der Waals surface area contributed by atoms with E-state index in [1.807, 2.05) is 27.7 Å². The maximum absolute atomic E-state index is 12.9. The second kappa shape index (κ2) is 17.0. The number of rotatable bonds is 2. The van der Waals surface area contributed by atoms with E-state index in [0.29, 0.717) is 37.5 Å². The van der Waals surface area contributed by atoms with Crippen molar-refractivity contribution < 1.29 is 13.3 Å². The molecule has 0 amide bonds. The van der Waals surface area contributed by atoms with Gasteiger partial charge in [-0.25, -0.2) is 4.39 Å². The molecule has 18 heavy (non-hydrogen) atoms. The van der Waals surface area contributed by atoms with Crippen LogP contribution >= 0.6 is 0 Å². The van der Waals surface area contributed by atoms with Gasteiger partial charge in [0, 0.05) is 36.0 Å². The SMILES string of the molecule is CC.CC.CC1(F)CCS(=O)CC1.COCCN. The zero-order chi connectivity index (χ0) is 15.0. The molecule has 1 aliphatic heterocycles. The minimum atomic E-state index is -1.03. The highest BCUT2D eigenvalue weighted by atomic mass is 32.2. The number of hydrogen-bond donors (Lipinski definition) is 1. The monoisotopic (exact) mass is 285 g/mol. The van der Waals surface area contributed by atoms with Crippen molar-refractivity contribution in [3.8, 4) is 0 Å². The summed E-state index contributed by atoms with van der Waals surface area (Å²) in [5.74, 6) is 1.10. The van der Waals surface area contributed by atoms with Crippen LogP contribution in [0, 0.1) is 0 Å². The predicted octanol–water partition coefficient (Wildman–Crippen LogP) is 2.90. The van der Waals surface area contributed by atoms with Gasteiger partial charge in [-0.2, -0.15) is 0 Å². The number of halogens is 1. The van der Waals surface area contributed by atoms with Crippen LogP contribution in [0.2, 0.25) is 0 Å². The number of nitrogens with two attached hydrogens (primary N) is 1. The molecule has 0 unspecified atom stereocenters. The zero-order valence-electron chi connectivity index (χ0n) is 12.9. The van der Waals surface area contributed by atoms with E-state index in [-0.39, 0.29) is 0 Å². The lowest BCUT2D eigenvalue weighted by molar-refractivity contribution is 0.174. The first-order valence-electron chi connectivity index (χ1n) is 6.75. The third kappa shape index (κ3) is 18.4. The van der Waals surface area contributed by atoms with Gasteiger partial charge in [-0.05, 0) is 19.8 Å². The standard InChI is InChI=1S/C6H11FOS.C3H9NO.2C2H6/c1-6(7)2-4-9(8)5-3-6;1-5-3-2-4;2*1-2/h2-5H2,1H3;2-4H2,1H3;2*1-2H3. The molecule has 5 heteroatoms. The highest BCUT2D eigenvalue weighted by Crippen LogP contribution is 2.24. The summed E-state index contributed by atoms with van der Waals surface area (Å²) in [7, 11) is 0.905. The van der Waals surface area contributed by atoms with Crippen LogP contribution < -0.4 is 5.73 Å². The van der Waals surface area contributed by atoms with Gasteiger partial charge in [-0.15, -0.1) is 0 Å². The number of ether oxygens (including phenoxy) is 1. The molecular weight excluding hydrogens is 253 g/mol. The van der Waals surface area contributed by atoms with E-state index in [4.69, 9.17) is 5.73 Å². The van der Waals surface area contributed by atoms with Crippen LogP contribution in [0.3, 0.4) is 0 Å². The largest absolute Gasteiger partial charge is 0.383 e. The quantitative estimate of drug-likeness (QED) is 0.848. The Morgan fingerprint density at radius 1 is 1.22 bits per heavy atom. The van der Waals surface area contributed by atoms with Crippen molar-refractivity contribution >= 4 is 10.8 Å². The summed E-state index contributed by atoms with van der Waals surface area (Å²) < 4.78 is 28.2. The van der Waals surface area contributed by atoms with Gasteiger partial charge in [0.1, 0.15) is 5.67 Å². The molecule has 1 heterocycles. The van der Waals surface area contributed by atoms with Crippen molar-refractivity contribution in [2.24, 2.45) is 5.73 Å². The molecule has 0 atom stereocenters. The van der Waals surface area contributed by atoms with Gasteiger partial charge >= 0.3 is 0 Å². The molecule has 0 radical (unpaired) electrons. The van der Waals surface area contributed by atoms with Crippen LogP contribution in [0.4, 0.5) is 4.39 Å². The van der Waals surface area contributed by atoms with Crippen molar-refractivity contribution in [2.75, 3.05) is 31.8 Å². The van der Waals surface area contributed by atoms with E-state index in [2.05, 4.69) is 4.74 Å². The van der Waals surface area contributed by atoms with E-state index < -0.39 is 16.5 Å². The Kier molecular flexibility index (Phi) is 21.8. The zero-order valence-corrected chi connectivity index (χ0v) is 13.7. The first-order valence-corrected chi connectivity index (χ1v) is 8.23. The number of alkyl halides is 1. The summed E-state index contributed by atoms with van der Waals surface area (Å²) in [4.78, 5) is 0. The van der Waals surface area contributed by atoms with Crippen LogP contribution in [0.15, 0.2) is 0 Å². The Labute approximate surface area is 115 Å². The molecule has 0 aromatic heterocycles. The molecule has 0 saturated carbocycles. The number of hydrogen-bond acceptors (Lipinski definition) is 3. The Balaban J connectivity index is -0.000000215. The Morgan fingerprint density at radius 2 is 1.61 bits per heavy atom. The van der Waals surface area contributed by atoms with E-state index in [9.17, 15) is 8.60 Å². The summed E-state index contributed by atoms with van der Waals surface area (Å²) in [5, 5.41) is 0. The highest BCUT2D eigenvalue weighted by Gasteiger charge is 2.28. The fourth-order valence-electron chi connectivity index (χ4n) is 0.998. The molecular formula is C13H32FNO2S. The predicted molar refractivity (Wildman–Crippen MR) is 80.2 cm³/mol. The maximum Gasteiger partial charge on any atom is 0.110 e. The normalized spacial score (nSPS) is 25.4. The molecule has 1 saturated heterocycles. The summed E-state index contributed by atoms with van der Waals surface area (Å²) in [5.41, 5.74) is 3.98. The molecule has 0 spiro atoms. The van der Waals surface area contributed by atoms with Crippen LogP contribution in [0.5, 0.6) is 0 Å². The first-order chi connectivity index (χ1) is 8.52. The topological polar surface area (TPSA) is 52.3 Å². The molecule has 0 bridgehead atoms. The molecule has 1 aliphatic rings. The van der Waals surface area contributed by atoms with Crippen molar-refractivity contribution in [1.29, 1.82) is 0 Å². The maximum atomic E-state index is 12.9. The second-order valence-electron chi connectivity index (χ2n) is 3.54. The van der Waals surface area contributed by atoms with Gasteiger partial charge in [0.2, 0.25) is 0 Å². The smallest absolute Gasteiger partial charge is 0.110 e. The van der Waals surface area contributed by atoms with Gasteiger partial charge in [-0.1, -0.05) is 27.7 Å². The van der Waals surface area contributed by atoms with E-state index in [1.54, 1.807) is 14.0 Å². The third-order valence-corrected chi connectivity index (χ3v) is 3.34. The molecule has 1 fully saturated rings. The summed E-state index contributed by atoms with van der Waals surface area (Å²) >= 11 is 0. The minimum absolute atomic E-state index is 0.472. The Hall–Kier alpha value is -0.0000000000000000416. The minimum Gasteiger partial charge on any atom is -0.383 e. The lowest BCUT2D eigenvalue weighted by atomic mass is 10.0. The molecule has 1 rings (SSSR count). The van der Waals surface area contributed by atoms with Crippen LogP contribution in [-0.4, -0.2) is 41.6 Å². The average molecular weight is 285 g/mol. The average Bonchev–Trinajstić information content (AvgIpc) is 2.40. The van der Waals surface area contributed by atoms with Gasteiger partial charge in [-0.3, -0.25) is 4.21 Å². The van der Waals surface area contributed by atoms with Crippen LogP contribution in [0.25, 0.3) is 0 Å². The highest BCUT2D eigenvalue weighted by molar-refractivity contribution is 7.85. The molecule has 114 valence electrons. The van der Waals surface area contributed by atoms with Gasteiger partial charge in [0.25, 0.3) is 0 Å². The first kappa shape index (κ1) is 23.1. The molecule has 0 aromatic rings. The van der Waals surface area contributed by atoms with Crippen molar-refractivity contribution in [2.45, 2.75) is 53.1 Å². The third-order valence-electron chi connectivity index (χ3n) is 2.02. The fraction of sp³-hybridized carbons (Fsp3) is 1.00. The van der Waals surface area contributed by atoms with Gasteiger partial charge in [0.15, 0.2) is 0 Å². The Bertz CT molecular complexity index is 164.